The zero-order chi connectivity index (χ0) is 8.97. The van der Waals surface area contributed by atoms with Crippen molar-refractivity contribution in [3.05, 3.63) is 5.01 Å². The summed E-state index contributed by atoms with van der Waals surface area (Å²) in [4.78, 5) is 0. The van der Waals surface area contributed by atoms with E-state index in [1.165, 1.54) is 0 Å². The first-order chi connectivity index (χ1) is 5.79. The van der Waals surface area contributed by atoms with Gasteiger partial charge in [0.05, 0.1) is 12.5 Å². The molecule has 0 fully saturated rings. The molecule has 0 saturated carbocycles. The molecular weight excluding hydrogens is 174 g/mol. The smallest absolute Gasteiger partial charge is 0.336 e. The molecule has 3 N–H and O–H groups in total. The molecule has 0 saturated heterocycles. The third-order valence-corrected chi connectivity index (χ3v) is 3.02. The fraction of sp³-hybridized carbons (Fsp3) is 0.500. The molecule has 64 valence electrons. The summed E-state index contributed by atoms with van der Waals surface area (Å²) in [7, 11) is 1.46. The van der Waals surface area contributed by atoms with Crippen LogP contribution in [0.4, 0.5) is 5.13 Å². The Morgan fingerprint density at radius 1 is 1.67 bits per heavy atom. The summed E-state index contributed by atoms with van der Waals surface area (Å²) in [5.41, 5.74) is 5.55. The van der Waals surface area contributed by atoms with Crippen LogP contribution in [-0.4, -0.2) is 17.2 Å². The second-order valence-corrected chi connectivity index (χ2v) is 4.01. The highest BCUT2D eigenvalue weighted by molar-refractivity contribution is 7.35. The van der Waals surface area contributed by atoms with Gasteiger partial charge in [-0.1, -0.05) is 10.2 Å². The summed E-state index contributed by atoms with van der Waals surface area (Å²) < 4.78 is 3.00. The maximum atomic E-state index is 8.36. The van der Waals surface area contributed by atoms with Crippen LogP contribution < -0.4 is 10.5 Å². The highest BCUT2D eigenvalue weighted by Crippen LogP contribution is 2.25. The molecule has 1 heterocycles. The minimum Gasteiger partial charge on any atom is -0.336 e. The van der Waals surface area contributed by atoms with Gasteiger partial charge in [0.2, 0.25) is 0 Å². The van der Waals surface area contributed by atoms with Crippen LogP contribution in [0.3, 0.4) is 0 Å². The van der Waals surface area contributed by atoms with Gasteiger partial charge in [0.15, 0.2) is 0 Å². The van der Waals surface area contributed by atoms with Gasteiger partial charge in [0.25, 0.3) is 5.01 Å². The Balaban J connectivity index is 2.78. The van der Waals surface area contributed by atoms with Gasteiger partial charge in [-0.25, -0.2) is 0 Å². The lowest BCUT2D eigenvalue weighted by molar-refractivity contribution is 0.934. The number of anilines is 1. The van der Waals surface area contributed by atoms with E-state index >= 15 is 0 Å². The quantitative estimate of drug-likeness (QED) is 0.665. The van der Waals surface area contributed by atoms with E-state index in [4.69, 9.17) is 11.0 Å². The molecule has 1 atom stereocenters. The van der Waals surface area contributed by atoms with E-state index in [0.29, 0.717) is 18.0 Å². The number of nitrogens with zero attached hydrogens (tertiary/aromatic N) is 3. The van der Waals surface area contributed by atoms with Crippen molar-refractivity contribution in [2.75, 3.05) is 17.5 Å². The molecule has 1 unspecified atom stereocenters. The predicted molar refractivity (Wildman–Crippen MR) is 48.1 cm³/mol. The average molecular weight is 184 g/mol. The summed E-state index contributed by atoms with van der Waals surface area (Å²) in [6.07, 6.45) is 1.11. The van der Waals surface area contributed by atoms with E-state index in [1.807, 2.05) is 0 Å². The predicted octanol–water partition coefficient (Wildman–Crippen LogP) is 0.437. The van der Waals surface area contributed by atoms with Crippen molar-refractivity contribution in [3.8, 4) is 6.07 Å². The number of hydrogen-bond acceptors (Lipinski definition) is 5. The lowest BCUT2D eigenvalue weighted by Gasteiger charge is -1.86. The summed E-state index contributed by atoms with van der Waals surface area (Å²) in [6.45, 7) is 0. The molecule has 0 aromatic carbocycles. The van der Waals surface area contributed by atoms with Crippen molar-refractivity contribution in [2.45, 2.75) is 12.8 Å². The average Bonchev–Trinajstić information content (AvgIpc) is 2.43. The fourth-order valence-corrected chi connectivity index (χ4v) is 2.08. The van der Waals surface area contributed by atoms with Crippen molar-refractivity contribution in [1.82, 2.24) is 10.2 Å². The van der Waals surface area contributed by atoms with Crippen LogP contribution in [0.15, 0.2) is 0 Å². The minimum absolute atomic E-state index is 0.342. The van der Waals surface area contributed by atoms with Crippen LogP contribution in [0.2, 0.25) is 0 Å². The van der Waals surface area contributed by atoms with Crippen LogP contribution in [-0.2, 0) is 6.42 Å². The Morgan fingerprint density at radius 2 is 2.42 bits per heavy atom. The zero-order valence-corrected chi connectivity index (χ0v) is 7.56. The summed E-state index contributed by atoms with van der Waals surface area (Å²) in [6, 6.07) is 2.06. The molecule has 0 bridgehead atoms. The fourth-order valence-electron chi connectivity index (χ4n) is 0.845. The van der Waals surface area contributed by atoms with Crippen molar-refractivity contribution < 1.29 is 0 Å². The van der Waals surface area contributed by atoms with Crippen molar-refractivity contribution >= 4 is 15.8 Å². The Bertz CT molecular complexity index is 299. The number of nitriles is 1. The summed E-state index contributed by atoms with van der Waals surface area (Å²) in [5.74, 6) is 0. The highest BCUT2D eigenvalue weighted by atomic mass is 32.2. The van der Waals surface area contributed by atoms with E-state index in [-0.39, 0.29) is 10.7 Å². The van der Waals surface area contributed by atoms with Crippen LogP contribution >= 0.6 is 10.7 Å². The molecule has 12 heavy (non-hydrogen) atoms. The van der Waals surface area contributed by atoms with E-state index < -0.39 is 0 Å². The number of rotatable bonds is 3. The Kier molecular flexibility index (Phi) is 2.96. The van der Waals surface area contributed by atoms with Crippen molar-refractivity contribution in [1.29, 1.82) is 5.26 Å². The molecule has 0 aliphatic carbocycles. The number of aryl methyl sites for hydroxylation is 1. The van der Waals surface area contributed by atoms with Gasteiger partial charge in [0, 0.05) is 13.5 Å². The number of nitrogens with two attached hydrogens (primary N) is 1. The second kappa shape index (κ2) is 3.99. The molecule has 0 aliphatic rings. The number of nitrogen functional groups attached to an aromatic ring is 1. The molecule has 0 spiro atoms. The Hall–Kier alpha value is -1.19. The van der Waals surface area contributed by atoms with Gasteiger partial charge in [-0.05, 0) is 0 Å². The third kappa shape index (κ3) is 1.69. The molecule has 0 radical (unpaired) electrons. The Labute approximate surface area is 73.3 Å². The first-order valence-corrected chi connectivity index (χ1v) is 4.70. The van der Waals surface area contributed by atoms with Gasteiger partial charge < -0.3 is 5.73 Å². The molecule has 1 aromatic rings. The topological polar surface area (TPSA) is 87.6 Å². The van der Waals surface area contributed by atoms with Gasteiger partial charge in [-0.2, -0.15) is 5.26 Å². The molecule has 0 amide bonds. The lowest BCUT2D eigenvalue weighted by Crippen LogP contribution is -1.93. The van der Waals surface area contributed by atoms with Gasteiger partial charge >= 0.3 is 5.13 Å². The van der Waals surface area contributed by atoms with Gasteiger partial charge in [0.1, 0.15) is 10.7 Å². The normalized spacial score (nSPS) is 11.2. The minimum atomic E-state index is -0.342. The highest BCUT2D eigenvalue weighted by Gasteiger charge is 2.20. The van der Waals surface area contributed by atoms with E-state index in [9.17, 15) is 0 Å². The first kappa shape index (κ1) is 8.90. The van der Waals surface area contributed by atoms with Gasteiger partial charge in [-0.15, -0.1) is 4.72 Å². The van der Waals surface area contributed by atoms with Crippen LogP contribution in [0.25, 0.3) is 0 Å². The molecular formula is C6H10N5S+. The van der Waals surface area contributed by atoms with Crippen molar-refractivity contribution in [2.24, 2.45) is 0 Å². The monoisotopic (exact) mass is 184 g/mol. The summed E-state index contributed by atoms with van der Waals surface area (Å²) in [5, 5.41) is 17.4. The first-order valence-electron chi connectivity index (χ1n) is 3.48. The van der Waals surface area contributed by atoms with Crippen molar-refractivity contribution in [3.63, 3.8) is 0 Å². The van der Waals surface area contributed by atoms with Gasteiger partial charge in [-0.3, -0.25) is 0 Å². The third-order valence-electron chi connectivity index (χ3n) is 1.36. The molecule has 6 heteroatoms. The maximum absolute atomic E-state index is 8.36. The standard InChI is InChI=1S/C6H10N5S/c1-9-12-5(3-2-4-7)10-11-6(12)8/h9H,2-3H2,1H3,(H2,8,11)/q+1. The zero-order valence-electron chi connectivity index (χ0n) is 6.74. The molecule has 1 aromatic heterocycles. The number of aromatic nitrogens is 2. The SMILES string of the molecule is CN[s+]1c(N)nnc1CCC#N. The van der Waals surface area contributed by atoms with E-state index in [1.54, 1.807) is 7.05 Å². The maximum Gasteiger partial charge on any atom is 0.379 e. The lowest BCUT2D eigenvalue weighted by atomic mass is 10.3. The Morgan fingerprint density at radius 3 is 3.00 bits per heavy atom. The van der Waals surface area contributed by atoms with Crippen LogP contribution in [0, 0.1) is 11.3 Å². The molecule has 0 aliphatic heterocycles. The molecule has 1 rings (SSSR count). The largest absolute Gasteiger partial charge is 0.379 e. The van der Waals surface area contributed by atoms with Crippen LogP contribution in [0.1, 0.15) is 11.4 Å². The van der Waals surface area contributed by atoms with Crippen LogP contribution in [0.5, 0.6) is 0 Å². The summed E-state index contributed by atoms with van der Waals surface area (Å²) >= 11 is 0. The number of nitrogens with one attached hydrogen (secondary N) is 1. The second-order valence-electron chi connectivity index (χ2n) is 2.10. The van der Waals surface area contributed by atoms with E-state index in [2.05, 4.69) is 21.0 Å². The number of hydrogen-bond donors (Lipinski definition) is 2. The molecule has 5 nitrogen and oxygen atoms in total. The van der Waals surface area contributed by atoms with E-state index in [0.717, 1.165) is 5.01 Å².